The van der Waals surface area contributed by atoms with Crippen molar-refractivity contribution in [2.24, 2.45) is 10.3 Å². The number of aromatic nitrogens is 4. The van der Waals surface area contributed by atoms with Crippen LogP contribution in [0.25, 0.3) is 0 Å². The van der Waals surface area contributed by atoms with Crippen molar-refractivity contribution in [1.82, 2.24) is 30.4 Å². The molecule has 2 saturated heterocycles. The Balaban J connectivity index is 0.000000250. The number of hydrogen-bond acceptors (Lipinski definition) is 25. The van der Waals surface area contributed by atoms with E-state index in [2.05, 4.69) is 30.9 Å². The van der Waals surface area contributed by atoms with Crippen LogP contribution in [0.1, 0.15) is 22.5 Å². The number of carbonyl (C=O) groups is 7. The maximum atomic E-state index is 13.0. The number of β-lactam (4-membered cyclic amide) rings is 2. The van der Waals surface area contributed by atoms with Gasteiger partial charge in [-0.3, -0.25) is 29.0 Å². The molecule has 0 radical (unpaired) electrons. The number of carbonyl (C=O) groups excluding carboxylic acids is 5. The zero-order valence-electron chi connectivity index (χ0n) is 43.9. The summed E-state index contributed by atoms with van der Waals surface area (Å²) in [6.07, 6.45) is 2.12. The predicted molar refractivity (Wildman–Crippen MR) is 281 cm³/mol. The summed E-state index contributed by atoms with van der Waals surface area (Å²) in [5.41, 5.74) is 7.64. The van der Waals surface area contributed by atoms with Gasteiger partial charge in [0.25, 0.3) is 23.6 Å². The summed E-state index contributed by atoms with van der Waals surface area (Å²) < 4.78 is 104. The first-order chi connectivity index (χ1) is 39.9. The summed E-state index contributed by atoms with van der Waals surface area (Å²) in [5.74, 6) is -6.92. The molecule has 4 aromatic heterocycles. The second-order valence-electron chi connectivity index (χ2n) is 16.9. The Labute approximate surface area is 491 Å². The zero-order valence-corrected chi connectivity index (χ0v) is 48.0. The summed E-state index contributed by atoms with van der Waals surface area (Å²) in [6, 6.07) is 4.73. The minimum Gasteiger partial charge on any atom is -0.741 e. The van der Waals surface area contributed by atoms with Gasteiger partial charge in [0.2, 0.25) is 0 Å². The van der Waals surface area contributed by atoms with Gasteiger partial charge < -0.3 is 65.9 Å². The smallest absolute Gasteiger partial charge is 0.485 e. The Kier molecular flexibility index (Phi) is 23.3. The van der Waals surface area contributed by atoms with Crippen LogP contribution in [0.15, 0.2) is 91.3 Å². The number of oxime groups is 2. The Bertz CT molecular complexity index is 3210. The molecule has 4 aromatic rings. The predicted octanol–water partition coefficient (Wildman–Crippen LogP) is -0.753. The lowest BCUT2D eigenvalue weighted by atomic mass is 9.94. The Morgan fingerprint density at radius 3 is 1.28 bits per heavy atom. The number of alkyl halides is 6. The molecule has 0 spiro atoms. The Morgan fingerprint density at radius 2 is 1.04 bits per heavy atom. The minimum absolute atomic E-state index is 0.0757. The molecule has 4 atom stereocenters. The fourth-order valence-corrected chi connectivity index (χ4v) is 11.3. The SMILES string of the molecule is COCc1cc[n+](CC2=C(C(=O)O)N3C(=O)C(NC(=O)C(=NOC)c4csc(N)n4)C3CS2)cc1.COCc1cc[n+](CC2=C(C(=O)O)N3C(=O)C(NC(=O)C(=NOC)c4csc(N)n4)C3CS2)cc1.O=C([O-])C(F)(F)F.O=S(=O)([O-])C(F)(F)F. The first-order valence-electron chi connectivity index (χ1n) is 23.2. The standard InChI is InChI=1S/2C21H22N6O6S2.C2HF3O2.CHF3O3S/c2*1-32-8-11-3-5-26(6-4-11)7-14-17(20(30)31)27-13(10-34-14)16(19(27)29)24-18(28)15(25-33-2)12-9-35-21(22)23-12;3-2(4,5)1(6)7;2-1(3,4)8(5,6)7/h2*3-6,9,13,16H,7-8,10H2,1-2H3,(H3-,22,23,24,28,30,31);(H,6,7);(H,5,6,7). The number of thiazole rings is 2. The van der Waals surface area contributed by atoms with Crippen molar-refractivity contribution in [3.05, 3.63) is 104 Å². The van der Waals surface area contributed by atoms with Crippen molar-refractivity contribution in [3.8, 4) is 0 Å². The van der Waals surface area contributed by atoms with Crippen LogP contribution in [0, 0.1) is 0 Å². The largest absolute Gasteiger partial charge is 0.741 e. The number of allylic oxidation sites excluding steroid dienone is 2. The molecular weight excluding hydrogens is 1250 g/mol. The maximum absolute atomic E-state index is 13.0. The molecular formula is C45H46F6N12O17S5. The van der Waals surface area contributed by atoms with E-state index in [1.165, 1.54) is 47.5 Å². The van der Waals surface area contributed by atoms with E-state index < -0.39 is 87.5 Å². The van der Waals surface area contributed by atoms with E-state index >= 15 is 0 Å². The molecule has 4 unspecified atom stereocenters. The number of nitrogens with zero attached hydrogens (tertiary/aromatic N) is 8. The zero-order chi connectivity index (χ0) is 63.3. The highest BCUT2D eigenvalue weighted by molar-refractivity contribution is 8.03. The number of nitrogens with one attached hydrogen (secondary N) is 2. The van der Waals surface area contributed by atoms with E-state index in [0.29, 0.717) is 47.6 Å². The topological polar surface area (TPSA) is 418 Å². The molecule has 8 N–H and O–H groups in total. The Morgan fingerprint density at radius 1 is 0.706 bits per heavy atom. The van der Waals surface area contributed by atoms with Crippen molar-refractivity contribution in [1.29, 1.82) is 0 Å². The number of carboxylic acids is 3. The van der Waals surface area contributed by atoms with Gasteiger partial charge in [0.15, 0.2) is 69.7 Å². The summed E-state index contributed by atoms with van der Waals surface area (Å²) in [5, 5.41) is 44.9. The lowest BCUT2D eigenvalue weighted by molar-refractivity contribution is -0.688. The summed E-state index contributed by atoms with van der Waals surface area (Å²) in [6.45, 7) is 1.54. The van der Waals surface area contributed by atoms with Gasteiger partial charge in [0, 0.05) is 60.8 Å². The number of thioether (sulfide) groups is 2. The number of rotatable bonds is 18. The number of hydrogen-bond donors (Lipinski definition) is 6. The highest BCUT2D eigenvalue weighted by atomic mass is 32.2. The third kappa shape index (κ3) is 17.3. The van der Waals surface area contributed by atoms with E-state index in [-0.39, 0.29) is 44.5 Å². The van der Waals surface area contributed by atoms with Gasteiger partial charge >= 0.3 is 23.6 Å². The summed E-state index contributed by atoms with van der Waals surface area (Å²) in [7, 11) is -0.301. The van der Waals surface area contributed by atoms with Crippen LogP contribution < -0.4 is 36.3 Å². The van der Waals surface area contributed by atoms with Gasteiger partial charge in [0.1, 0.15) is 55.1 Å². The maximum Gasteiger partial charge on any atom is 0.485 e. The van der Waals surface area contributed by atoms with Crippen LogP contribution in [0.3, 0.4) is 0 Å². The second kappa shape index (κ2) is 29.2. The number of fused-ring (bicyclic) bond motifs is 2. The van der Waals surface area contributed by atoms with E-state index in [9.17, 15) is 65.3 Å². The van der Waals surface area contributed by atoms with Gasteiger partial charge in [-0.15, -0.1) is 46.2 Å². The number of anilines is 2. The molecule has 0 aromatic carbocycles. The Hall–Kier alpha value is -8.02. The fraction of sp³-hybridized carbons (Fsp3) is 0.356. The molecule has 4 aliphatic heterocycles. The van der Waals surface area contributed by atoms with Crippen LogP contribution in [0.2, 0.25) is 0 Å². The third-order valence-corrected chi connectivity index (χ3v) is 15.6. The lowest BCUT2D eigenvalue weighted by Crippen LogP contribution is -2.73. The van der Waals surface area contributed by atoms with Gasteiger partial charge in [-0.1, -0.05) is 10.3 Å². The van der Waals surface area contributed by atoms with Crippen LogP contribution in [-0.4, -0.2) is 172 Å². The molecule has 0 aliphatic carbocycles. The van der Waals surface area contributed by atoms with E-state index in [1.807, 2.05) is 58.2 Å². The number of aliphatic carboxylic acids is 3. The molecule has 0 saturated carbocycles. The van der Waals surface area contributed by atoms with Gasteiger partial charge in [-0.05, 0) is 11.1 Å². The summed E-state index contributed by atoms with van der Waals surface area (Å²) in [4.78, 5) is 106. The monoisotopic (exact) mass is 1300 g/mol. The molecule has 8 heterocycles. The fourth-order valence-electron chi connectivity index (χ4n) is 7.61. The van der Waals surface area contributed by atoms with Crippen molar-refractivity contribution in [2.45, 2.75) is 62.2 Å². The van der Waals surface area contributed by atoms with Gasteiger partial charge in [0.05, 0.1) is 35.1 Å². The van der Waals surface area contributed by atoms with Gasteiger partial charge in [-0.2, -0.15) is 26.3 Å². The molecule has 2 fully saturated rings. The molecule has 29 nitrogen and oxygen atoms in total. The molecule has 0 bridgehead atoms. The van der Waals surface area contributed by atoms with Crippen LogP contribution in [-0.2, 0) is 89.1 Å². The highest BCUT2D eigenvalue weighted by Crippen LogP contribution is 2.41. The number of pyridine rings is 2. The molecule has 4 aliphatic rings. The molecule has 85 heavy (non-hydrogen) atoms. The van der Waals surface area contributed by atoms with Crippen molar-refractivity contribution in [2.75, 3.05) is 51.4 Å². The third-order valence-electron chi connectivity index (χ3n) is 11.3. The number of halogens is 6. The van der Waals surface area contributed by atoms with Crippen LogP contribution >= 0.6 is 46.2 Å². The lowest BCUT2D eigenvalue weighted by Gasteiger charge is -2.49. The van der Waals surface area contributed by atoms with Crippen LogP contribution in [0.4, 0.5) is 36.6 Å². The summed E-state index contributed by atoms with van der Waals surface area (Å²) >= 11 is 4.96. The first-order valence-corrected chi connectivity index (χ1v) is 28.4. The molecule has 40 heteroatoms. The quantitative estimate of drug-likeness (QED) is 0.0136. The van der Waals surface area contributed by atoms with Crippen molar-refractivity contribution < 1.29 is 116 Å². The number of nitrogen functional groups attached to an aromatic ring is 2. The number of methoxy groups -OCH3 is 2. The number of nitrogens with two attached hydrogens (primary N) is 2. The van der Waals surface area contributed by atoms with Crippen molar-refractivity contribution in [3.63, 3.8) is 0 Å². The first kappa shape index (κ1) is 67.8. The highest BCUT2D eigenvalue weighted by Gasteiger charge is 2.56. The van der Waals surface area contributed by atoms with Crippen molar-refractivity contribution >= 4 is 120 Å². The van der Waals surface area contributed by atoms with E-state index in [4.69, 9.17) is 53.5 Å². The number of carboxylic acid groups (broad SMARTS) is 3. The minimum atomic E-state index is -6.09. The average Bonchev–Trinajstić information content (AvgIpc) is 1.20. The van der Waals surface area contributed by atoms with E-state index in [0.717, 1.165) is 33.8 Å². The molecule has 4 amide bonds. The second-order valence-corrected chi connectivity index (χ2v) is 22.3. The normalized spacial score (nSPS) is 18.5. The molecule has 460 valence electrons. The number of ether oxygens (including phenoxy) is 2. The molecule has 8 rings (SSSR count). The number of amides is 4. The van der Waals surface area contributed by atoms with Crippen LogP contribution in [0.5, 0.6) is 0 Å². The average molecular weight is 1300 g/mol. The van der Waals surface area contributed by atoms with Gasteiger partial charge in [-0.25, -0.2) is 37.1 Å². The van der Waals surface area contributed by atoms with E-state index in [1.54, 1.807) is 25.0 Å².